The summed E-state index contributed by atoms with van der Waals surface area (Å²) in [5.41, 5.74) is 6.94. The molecule has 4 heteroatoms. The van der Waals surface area contributed by atoms with Crippen molar-refractivity contribution in [2.24, 2.45) is 0 Å². The molecule has 2 aromatic rings. The van der Waals surface area contributed by atoms with E-state index in [2.05, 4.69) is 48.5 Å². The van der Waals surface area contributed by atoms with E-state index in [-0.39, 0.29) is 0 Å². The van der Waals surface area contributed by atoms with Crippen LogP contribution >= 0.6 is 41.2 Å². The highest BCUT2D eigenvalue weighted by Crippen LogP contribution is 2.65. The van der Waals surface area contributed by atoms with Gasteiger partial charge in [-0.3, -0.25) is 0 Å². The van der Waals surface area contributed by atoms with Crippen molar-refractivity contribution in [3.63, 3.8) is 0 Å². The van der Waals surface area contributed by atoms with Gasteiger partial charge < -0.3 is 0 Å². The van der Waals surface area contributed by atoms with E-state index in [4.69, 9.17) is 0 Å². The highest BCUT2D eigenvalue weighted by atomic mass is 33.7. The first-order valence-electron chi connectivity index (χ1n) is 5.56. The number of hydrogen-bond acceptors (Lipinski definition) is 4. The Hall–Kier alpha value is -0.420. The van der Waals surface area contributed by atoms with Crippen molar-refractivity contribution in [3.05, 3.63) is 63.9 Å². The summed E-state index contributed by atoms with van der Waals surface area (Å²) in [5, 5.41) is 0. The van der Waals surface area contributed by atoms with Gasteiger partial charge in [0.1, 0.15) is 0 Å². The van der Waals surface area contributed by atoms with Crippen LogP contribution in [0.2, 0.25) is 0 Å². The Morgan fingerprint density at radius 3 is 1.50 bits per heavy atom. The molecule has 18 heavy (non-hydrogen) atoms. The standard InChI is InChI=1S/C14H8S4/c1-3-7-11-9(5-1)10-6-2-4-8-12(10)13(11)14-15-17-18-16-14/h1-8H. The first kappa shape index (κ1) is 11.4. The number of benzene rings is 2. The maximum Gasteiger partial charge on any atom is 0.0721 e. The lowest BCUT2D eigenvalue weighted by Crippen LogP contribution is -1.82. The molecule has 1 saturated heterocycles. The molecule has 0 atom stereocenters. The first-order valence-corrected chi connectivity index (χ1v) is 10.4. The minimum Gasteiger partial charge on any atom is -0.0616 e. The normalized spacial score (nSPS) is 16.9. The van der Waals surface area contributed by atoms with Gasteiger partial charge in [-0.2, -0.15) is 0 Å². The van der Waals surface area contributed by atoms with E-state index < -0.39 is 0 Å². The molecule has 88 valence electrons. The third-order valence-electron chi connectivity index (χ3n) is 3.13. The van der Waals surface area contributed by atoms with E-state index in [0.29, 0.717) is 0 Å². The fourth-order valence-corrected chi connectivity index (χ4v) is 9.97. The average molecular weight is 304 g/mol. The number of fused-ring (bicyclic) bond motifs is 3. The van der Waals surface area contributed by atoms with Crippen molar-refractivity contribution in [1.82, 2.24) is 0 Å². The summed E-state index contributed by atoms with van der Waals surface area (Å²) in [7, 11) is 7.49. The molecule has 0 nitrogen and oxygen atoms in total. The molecule has 1 aliphatic carbocycles. The quantitative estimate of drug-likeness (QED) is 0.462. The molecule has 2 aliphatic rings. The summed E-state index contributed by atoms with van der Waals surface area (Å²) in [5.74, 6) is 0. The Morgan fingerprint density at radius 2 is 1.00 bits per heavy atom. The monoisotopic (exact) mass is 304 g/mol. The van der Waals surface area contributed by atoms with Gasteiger partial charge in [0, 0.05) is 5.57 Å². The van der Waals surface area contributed by atoms with Crippen molar-refractivity contribution in [2.45, 2.75) is 0 Å². The molecule has 0 spiro atoms. The molecule has 0 aromatic heterocycles. The van der Waals surface area contributed by atoms with Gasteiger partial charge in [0.2, 0.25) is 0 Å². The maximum absolute atomic E-state index is 2.24. The van der Waals surface area contributed by atoms with E-state index in [1.54, 1.807) is 0 Å². The van der Waals surface area contributed by atoms with Crippen LogP contribution in [0, 0.1) is 0 Å². The molecule has 0 radical (unpaired) electrons. The summed E-state index contributed by atoms with van der Waals surface area (Å²) < 4.78 is 1.43. The van der Waals surface area contributed by atoms with E-state index in [1.165, 1.54) is 32.1 Å². The molecule has 1 heterocycles. The summed E-state index contributed by atoms with van der Waals surface area (Å²) in [4.78, 5) is 0. The Balaban J connectivity index is 2.07. The molecular formula is C14H8S4. The minimum atomic E-state index is 1.37. The molecule has 1 aliphatic heterocycles. The van der Waals surface area contributed by atoms with Crippen molar-refractivity contribution >= 4 is 46.8 Å². The van der Waals surface area contributed by atoms with E-state index in [1.807, 2.05) is 41.2 Å². The third-order valence-corrected chi connectivity index (χ3v) is 9.97. The van der Waals surface area contributed by atoms with Gasteiger partial charge >= 0.3 is 0 Å². The van der Waals surface area contributed by atoms with Crippen molar-refractivity contribution in [2.75, 3.05) is 0 Å². The second-order valence-electron chi connectivity index (χ2n) is 4.06. The van der Waals surface area contributed by atoms with Crippen LogP contribution < -0.4 is 0 Å². The molecule has 2 aromatic carbocycles. The molecule has 0 unspecified atom stereocenters. The Bertz CT molecular complexity index is 605. The van der Waals surface area contributed by atoms with Crippen molar-refractivity contribution < 1.29 is 0 Å². The molecule has 1 fully saturated rings. The van der Waals surface area contributed by atoms with Gasteiger partial charge in [-0.1, -0.05) is 48.5 Å². The van der Waals surface area contributed by atoms with Crippen LogP contribution in [0.4, 0.5) is 0 Å². The zero-order chi connectivity index (χ0) is 11.9. The third kappa shape index (κ3) is 1.67. The second-order valence-corrected chi connectivity index (χ2v) is 10.0. The van der Waals surface area contributed by atoms with Gasteiger partial charge in [0.15, 0.2) is 0 Å². The van der Waals surface area contributed by atoms with Gasteiger partial charge in [-0.15, -0.1) is 0 Å². The molecule has 0 saturated carbocycles. The minimum absolute atomic E-state index is 1.37. The highest BCUT2D eigenvalue weighted by molar-refractivity contribution is 9.32. The lowest BCUT2D eigenvalue weighted by Gasteiger charge is -2.04. The largest absolute Gasteiger partial charge is 0.0721 e. The Kier molecular flexibility index (Phi) is 2.92. The maximum atomic E-state index is 2.24. The van der Waals surface area contributed by atoms with Crippen molar-refractivity contribution in [3.8, 4) is 11.1 Å². The molecule has 0 N–H and O–H groups in total. The van der Waals surface area contributed by atoms with Gasteiger partial charge in [-0.05, 0) is 63.5 Å². The summed E-state index contributed by atoms with van der Waals surface area (Å²) in [6, 6.07) is 17.5. The first-order chi connectivity index (χ1) is 8.95. The average Bonchev–Trinajstić information content (AvgIpc) is 3.03. The smallest absolute Gasteiger partial charge is 0.0616 e. The van der Waals surface area contributed by atoms with Crippen LogP contribution in [-0.4, -0.2) is 0 Å². The highest BCUT2D eigenvalue weighted by Gasteiger charge is 2.27. The number of hydrogen-bond donors (Lipinski definition) is 0. The SMILES string of the molecule is c1ccc2c(c1)C(=C1SSSS1)c1ccccc1-2. The van der Waals surface area contributed by atoms with Crippen LogP contribution in [0.1, 0.15) is 11.1 Å². The van der Waals surface area contributed by atoms with Crippen molar-refractivity contribution in [1.29, 1.82) is 0 Å². The summed E-state index contributed by atoms with van der Waals surface area (Å²) in [6.45, 7) is 0. The van der Waals surface area contributed by atoms with Crippen LogP contribution in [-0.2, 0) is 0 Å². The second kappa shape index (κ2) is 4.60. The molecular weight excluding hydrogens is 296 g/mol. The topological polar surface area (TPSA) is 0 Å². The summed E-state index contributed by atoms with van der Waals surface area (Å²) >= 11 is 0. The zero-order valence-corrected chi connectivity index (χ0v) is 12.5. The Labute approximate surface area is 121 Å². The zero-order valence-electron chi connectivity index (χ0n) is 9.25. The predicted molar refractivity (Wildman–Crippen MR) is 88.3 cm³/mol. The lowest BCUT2D eigenvalue weighted by molar-refractivity contribution is 1.65. The van der Waals surface area contributed by atoms with E-state index in [9.17, 15) is 0 Å². The fourth-order valence-electron chi connectivity index (χ4n) is 2.42. The van der Waals surface area contributed by atoms with E-state index >= 15 is 0 Å². The van der Waals surface area contributed by atoms with Crippen LogP contribution in [0.5, 0.6) is 0 Å². The summed E-state index contributed by atoms with van der Waals surface area (Å²) in [6.07, 6.45) is 0. The van der Waals surface area contributed by atoms with Crippen LogP contribution in [0.3, 0.4) is 0 Å². The molecule has 0 amide bonds. The van der Waals surface area contributed by atoms with E-state index in [0.717, 1.165) is 0 Å². The van der Waals surface area contributed by atoms with Crippen LogP contribution in [0.25, 0.3) is 16.7 Å². The van der Waals surface area contributed by atoms with Crippen LogP contribution in [0.15, 0.2) is 52.8 Å². The molecule has 4 rings (SSSR count). The fraction of sp³-hybridized carbons (Fsp3) is 0. The predicted octanol–water partition coefficient (Wildman–Crippen LogP) is 6.08. The van der Waals surface area contributed by atoms with Gasteiger partial charge in [0.25, 0.3) is 0 Å². The van der Waals surface area contributed by atoms with Gasteiger partial charge in [-0.25, -0.2) is 0 Å². The Morgan fingerprint density at radius 1 is 0.556 bits per heavy atom. The number of rotatable bonds is 0. The van der Waals surface area contributed by atoms with Gasteiger partial charge in [0.05, 0.1) is 4.24 Å². The lowest BCUT2D eigenvalue weighted by atomic mass is 10.1. The molecule has 0 bridgehead atoms.